The number of aryl methyl sites for hydroxylation is 1. The highest BCUT2D eigenvalue weighted by atomic mass is 32.1. The maximum Gasteiger partial charge on any atom is 0.147 e. The van der Waals surface area contributed by atoms with Crippen molar-refractivity contribution in [1.29, 1.82) is 0 Å². The van der Waals surface area contributed by atoms with Crippen molar-refractivity contribution < 1.29 is 0 Å². The van der Waals surface area contributed by atoms with Gasteiger partial charge in [0.2, 0.25) is 0 Å². The van der Waals surface area contributed by atoms with Crippen molar-refractivity contribution in [2.75, 3.05) is 11.9 Å². The van der Waals surface area contributed by atoms with Crippen molar-refractivity contribution in [3.8, 4) is 0 Å². The van der Waals surface area contributed by atoms with Crippen molar-refractivity contribution in [3.63, 3.8) is 0 Å². The normalized spacial score (nSPS) is 17.6. The first kappa shape index (κ1) is 10.0. The van der Waals surface area contributed by atoms with Gasteiger partial charge < -0.3 is 5.32 Å². The van der Waals surface area contributed by atoms with Gasteiger partial charge in [0.1, 0.15) is 12.1 Å². The summed E-state index contributed by atoms with van der Waals surface area (Å²) in [5, 5.41) is 5.60. The predicted molar refractivity (Wildman–Crippen MR) is 68.0 cm³/mol. The molecule has 84 valence electrons. The number of hydrogen-bond donors (Lipinski definition) is 1. The molecule has 0 saturated heterocycles. The minimum Gasteiger partial charge on any atom is -0.368 e. The van der Waals surface area contributed by atoms with Crippen LogP contribution in [0.3, 0.4) is 0 Å². The van der Waals surface area contributed by atoms with E-state index in [0.717, 1.165) is 17.9 Å². The third-order valence-corrected chi connectivity index (χ3v) is 4.41. The molecule has 1 saturated carbocycles. The summed E-state index contributed by atoms with van der Waals surface area (Å²) in [6.07, 6.45) is 4.31. The Balaban J connectivity index is 1.90. The SMILES string of the molecule is Cc1csc2c(NCC3(C)CC3)ncnc12. The predicted octanol–water partition coefficient (Wildman–Crippen LogP) is 3.21. The summed E-state index contributed by atoms with van der Waals surface area (Å²) in [4.78, 5) is 8.66. The van der Waals surface area contributed by atoms with Crippen LogP contribution in [0.15, 0.2) is 11.7 Å². The van der Waals surface area contributed by atoms with Crippen molar-refractivity contribution in [3.05, 3.63) is 17.3 Å². The molecule has 1 fully saturated rings. The van der Waals surface area contributed by atoms with Crippen LogP contribution in [0, 0.1) is 12.3 Å². The first-order valence-corrected chi connectivity index (χ1v) is 6.49. The van der Waals surface area contributed by atoms with Crippen molar-refractivity contribution in [1.82, 2.24) is 9.97 Å². The largest absolute Gasteiger partial charge is 0.368 e. The van der Waals surface area contributed by atoms with E-state index in [-0.39, 0.29) is 0 Å². The van der Waals surface area contributed by atoms with Crippen molar-refractivity contribution in [2.24, 2.45) is 5.41 Å². The van der Waals surface area contributed by atoms with E-state index in [1.54, 1.807) is 17.7 Å². The monoisotopic (exact) mass is 233 g/mol. The van der Waals surface area contributed by atoms with Crippen LogP contribution in [0.2, 0.25) is 0 Å². The fourth-order valence-corrected chi connectivity index (χ4v) is 2.75. The second-order valence-electron chi connectivity index (χ2n) is 4.98. The van der Waals surface area contributed by atoms with E-state index in [0.29, 0.717) is 5.41 Å². The molecule has 2 heterocycles. The molecule has 16 heavy (non-hydrogen) atoms. The second kappa shape index (κ2) is 3.42. The van der Waals surface area contributed by atoms with Crippen LogP contribution in [-0.4, -0.2) is 16.5 Å². The lowest BCUT2D eigenvalue weighted by Crippen LogP contribution is -2.12. The highest BCUT2D eigenvalue weighted by molar-refractivity contribution is 7.18. The van der Waals surface area contributed by atoms with Gasteiger partial charge >= 0.3 is 0 Å². The van der Waals surface area contributed by atoms with Gasteiger partial charge in [-0.15, -0.1) is 11.3 Å². The van der Waals surface area contributed by atoms with Crippen molar-refractivity contribution >= 4 is 27.4 Å². The first-order valence-electron chi connectivity index (χ1n) is 5.61. The lowest BCUT2D eigenvalue weighted by Gasteiger charge is -2.10. The molecule has 0 unspecified atom stereocenters. The summed E-state index contributed by atoms with van der Waals surface area (Å²) < 4.78 is 1.18. The minimum atomic E-state index is 0.504. The topological polar surface area (TPSA) is 37.8 Å². The van der Waals surface area contributed by atoms with Gasteiger partial charge in [-0.25, -0.2) is 9.97 Å². The van der Waals surface area contributed by atoms with Crippen LogP contribution in [0.1, 0.15) is 25.3 Å². The van der Waals surface area contributed by atoms with Crippen LogP contribution >= 0.6 is 11.3 Å². The molecule has 0 atom stereocenters. The molecular formula is C12H15N3S. The van der Waals surface area contributed by atoms with Crippen LogP contribution in [0.5, 0.6) is 0 Å². The number of aromatic nitrogens is 2. The molecule has 0 radical (unpaired) electrons. The Labute approximate surface area is 98.9 Å². The maximum atomic E-state index is 4.34. The van der Waals surface area contributed by atoms with E-state index < -0.39 is 0 Å². The molecule has 2 aromatic rings. The molecule has 1 aliphatic rings. The number of anilines is 1. The molecule has 0 aromatic carbocycles. The summed E-state index contributed by atoms with van der Waals surface area (Å²) in [5.41, 5.74) is 2.83. The Morgan fingerprint density at radius 1 is 1.44 bits per heavy atom. The number of nitrogens with zero attached hydrogens (tertiary/aromatic N) is 2. The highest BCUT2D eigenvalue weighted by Gasteiger charge is 2.36. The van der Waals surface area contributed by atoms with E-state index in [2.05, 4.69) is 34.5 Å². The highest BCUT2D eigenvalue weighted by Crippen LogP contribution is 2.45. The molecule has 1 aliphatic carbocycles. The van der Waals surface area contributed by atoms with Gasteiger partial charge in [-0.3, -0.25) is 0 Å². The molecule has 0 amide bonds. The average Bonchev–Trinajstić information content (AvgIpc) is 2.90. The summed E-state index contributed by atoms with van der Waals surface area (Å²) >= 11 is 1.72. The van der Waals surface area contributed by atoms with Gasteiger partial charge in [-0.05, 0) is 36.1 Å². The smallest absolute Gasteiger partial charge is 0.147 e. The Bertz CT molecular complexity index is 528. The maximum absolute atomic E-state index is 4.34. The first-order chi connectivity index (χ1) is 7.68. The molecule has 0 aliphatic heterocycles. The lowest BCUT2D eigenvalue weighted by molar-refractivity contribution is 0.610. The van der Waals surface area contributed by atoms with E-state index in [1.165, 1.54) is 23.1 Å². The second-order valence-corrected chi connectivity index (χ2v) is 5.86. The Kier molecular flexibility index (Phi) is 2.14. The average molecular weight is 233 g/mol. The van der Waals surface area contributed by atoms with Crippen LogP contribution in [0.25, 0.3) is 10.2 Å². The summed E-state index contributed by atoms with van der Waals surface area (Å²) in [5.74, 6) is 0.997. The fourth-order valence-electron chi connectivity index (χ4n) is 1.78. The van der Waals surface area contributed by atoms with Crippen LogP contribution in [0.4, 0.5) is 5.82 Å². The van der Waals surface area contributed by atoms with Gasteiger partial charge in [0, 0.05) is 6.54 Å². The molecule has 3 rings (SSSR count). The Morgan fingerprint density at radius 3 is 3.00 bits per heavy atom. The Morgan fingerprint density at radius 2 is 2.25 bits per heavy atom. The molecule has 0 spiro atoms. The number of hydrogen-bond acceptors (Lipinski definition) is 4. The third kappa shape index (κ3) is 1.67. The number of fused-ring (bicyclic) bond motifs is 1. The molecule has 1 N–H and O–H groups in total. The minimum absolute atomic E-state index is 0.504. The molecule has 2 aromatic heterocycles. The van der Waals surface area contributed by atoms with Gasteiger partial charge in [-0.2, -0.15) is 0 Å². The van der Waals surface area contributed by atoms with Gasteiger partial charge in [0.15, 0.2) is 0 Å². The third-order valence-electron chi connectivity index (χ3n) is 3.32. The van der Waals surface area contributed by atoms with Crippen LogP contribution in [-0.2, 0) is 0 Å². The van der Waals surface area contributed by atoms with Gasteiger partial charge in [0.25, 0.3) is 0 Å². The zero-order valence-corrected chi connectivity index (χ0v) is 10.4. The summed E-state index contributed by atoms with van der Waals surface area (Å²) in [7, 11) is 0. The number of rotatable bonds is 3. The molecule has 4 heteroatoms. The van der Waals surface area contributed by atoms with Gasteiger partial charge in [0.05, 0.1) is 10.2 Å². The van der Waals surface area contributed by atoms with Crippen molar-refractivity contribution in [2.45, 2.75) is 26.7 Å². The molecule has 0 bridgehead atoms. The van der Waals surface area contributed by atoms with Gasteiger partial charge in [-0.1, -0.05) is 6.92 Å². The zero-order chi connectivity index (χ0) is 11.2. The molecule has 3 nitrogen and oxygen atoms in total. The molecular weight excluding hydrogens is 218 g/mol. The van der Waals surface area contributed by atoms with E-state index in [1.807, 2.05) is 0 Å². The number of nitrogens with one attached hydrogen (secondary N) is 1. The number of thiophene rings is 1. The zero-order valence-electron chi connectivity index (χ0n) is 9.58. The Hall–Kier alpha value is -1.16. The lowest BCUT2D eigenvalue weighted by atomic mass is 10.1. The fraction of sp³-hybridized carbons (Fsp3) is 0.500. The van der Waals surface area contributed by atoms with E-state index >= 15 is 0 Å². The quantitative estimate of drug-likeness (QED) is 0.884. The van der Waals surface area contributed by atoms with Crippen LogP contribution < -0.4 is 5.32 Å². The standard InChI is InChI=1S/C12H15N3S/c1-8-5-16-10-9(8)14-7-15-11(10)13-6-12(2)3-4-12/h5,7H,3-4,6H2,1-2H3,(H,13,14,15). The summed E-state index contributed by atoms with van der Waals surface area (Å²) in [6, 6.07) is 0. The van der Waals surface area contributed by atoms with E-state index in [4.69, 9.17) is 0 Å². The van der Waals surface area contributed by atoms with E-state index in [9.17, 15) is 0 Å². The summed E-state index contributed by atoms with van der Waals surface area (Å²) in [6.45, 7) is 5.44.